The van der Waals surface area contributed by atoms with Crippen LogP contribution in [0.15, 0.2) is 51.7 Å². The van der Waals surface area contributed by atoms with Gasteiger partial charge >= 0.3 is 5.76 Å². The van der Waals surface area contributed by atoms with E-state index >= 15 is 0 Å². The van der Waals surface area contributed by atoms with Gasteiger partial charge in [-0.05, 0) is 54.4 Å². The Bertz CT molecular complexity index is 1100. The molecule has 2 heterocycles. The number of rotatable bonds is 4. The Morgan fingerprint density at radius 2 is 1.93 bits per heavy atom. The molecule has 0 bridgehead atoms. The smallest absolute Gasteiger partial charge is 0.388 e. The van der Waals surface area contributed by atoms with E-state index in [1.54, 1.807) is 18.2 Å². The maximum absolute atomic E-state index is 13.0. The van der Waals surface area contributed by atoms with Crippen molar-refractivity contribution in [3.05, 3.63) is 70.0 Å². The zero-order valence-corrected chi connectivity index (χ0v) is 14.1. The minimum atomic E-state index is -0.770. The SMILES string of the molecule is O=C1CCc2cc(C(=O)Cn3nc(-c4ccc(F)cc4)oc3=O)ccc2N1. The summed E-state index contributed by atoms with van der Waals surface area (Å²) in [5.74, 6) is -1.53. The standard InChI is InChI=1S/C19H14FN3O4/c20-14-5-1-11(2-6-14)18-22-23(19(26)27-18)10-16(24)13-3-7-15-12(9-13)4-8-17(25)21-15/h1-3,5-7,9H,4,8,10H2,(H,21,25). The average molecular weight is 367 g/mol. The topological polar surface area (TPSA) is 94.2 Å². The summed E-state index contributed by atoms with van der Waals surface area (Å²) < 4.78 is 19.0. The molecular weight excluding hydrogens is 353 g/mol. The van der Waals surface area contributed by atoms with E-state index in [0.29, 0.717) is 29.7 Å². The van der Waals surface area contributed by atoms with Crippen LogP contribution in [0.3, 0.4) is 0 Å². The molecule has 0 spiro atoms. The van der Waals surface area contributed by atoms with Crippen molar-refractivity contribution in [2.45, 2.75) is 19.4 Å². The lowest BCUT2D eigenvalue weighted by atomic mass is 9.99. The Labute approximate surface area is 152 Å². The van der Waals surface area contributed by atoms with Gasteiger partial charge in [0.05, 0.1) is 0 Å². The molecule has 0 fully saturated rings. The highest BCUT2D eigenvalue weighted by Crippen LogP contribution is 2.24. The Morgan fingerprint density at radius 1 is 1.15 bits per heavy atom. The third kappa shape index (κ3) is 3.41. The number of carbonyl (C=O) groups excluding carboxylic acids is 2. The van der Waals surface area contributed by atoms with Crippen LogP contribution in [0.1, 0.15) is 22.3 Å². The van der Waals surface area contributed by atoms with E-state index in [1.807, 2.05) is 0 Å². The first-order valence-electron chi connectivity index (χ1n) is 8.29. The number of anilines is 1. The third-order valence-corrected chi connectivity index (χ3v) is 4.31. The van der Waals surface area contributed by atoms with E-state index in [1.165, 1.54) is 24.3 Å². The summed E-state index contributed by atoms with van der Waals surface area (Å²) in [7, 11) is 0. The van der Waals surface area contributed by atoms with Crippen LogP contribution in [0.5, 0.6) is 0 Å². The Hall–Kier alpha value is -3.55. The molecule has 1 aliphatic heterocycles. The van der Waals surface area contributed by atoms with Gasteiger partial charge in [0.15, 0.2) is 5.78 Å². The normalized spacial score (nSPS) is 13.1. The van der Waals surface area contributed by atoms with Gasteiger partial charge in [0, 0.05) is 23.2 Å². The van der Waals surface area contributed by atoms with E-state index in [0.717, 1.165) is 10.2 Å². The van der Waals surface area contributed by atoms with Gasteiger partial charge in [0.25, 0.3) is 0 Å². The molecule has 4 rings (SSSR count). The van der Waals surface area contributed by atoms with Crippen LogP contribution < -0.4 is 11.1 Å². The van der Waals surface area contributed by atoms with Crippen LogP contribution in [0.2, 0.25) is 0 Å². The predicted molar refractivity (Wildman–Crippen MR) is 93.9 cm³/mol. The monoisotopic (exact) mass is 367 g/mol. The number of halogens is 1. The molecule has 1 aromatic heterocycles. The summed E-state index contributed by atoms with van der Waals surface area (Å²) in [5, 5.41) is 6.76. The van der Waals surface area contributed by atoms with Gasteiger partial charge in [-0.2, -0.15) is 4.68 Å². The lowest BCUT2D eigenvalue weighted by molar-refractivity contribution is -0.116. The number of ketones is 1. The maximum Gasteiger partial charge on any atom is 0.437 e. The van der Waals surface area contributed by atoms with Crippen molar-refractivity contribution in [2.24, 2.45) is 0 Å². The highest BCUT2D eigenvalue weighted by Gasteiger charge is 2.18. The lowest BCUT2D eigenvalue weighted by Gasteiger charge is -2.17. The molecule has 2 aromatic carbocycles. The summed E-state index contributed by atoms with van der Waals surface area (Å²) in [6.07, 6.45) is 0.926. The van der Waals surface area contributed by atoms with Crippen molar-refractivity contribution >= 4 is 17.4 Å². The molecular formula is C19H14FN3O4. The molecule has 0 atom stereocenters. The Kier molecular flexibility index (Phi) is 4.15. The number of Topliss-reactive ketones (excluding diaryl/α,β-unsaturated/α-hetero) is 1. The number of nitrogens with zero attached hydrogens (tertiary/aromatic N) is 2. The molecule has 8 heteroatoms. The first kappa shape index (κ1) is 16.9. The quantitative estimate of drug-likeness (QED) is 0.715. The molecule has 3 aromatic rings. The number of amides is 1. The second-order valence-electron chi connectivity index (χ2n) is 6.18. The fourth-order valence-electron chi connectivity index (χ4n) is 2.90. The number of hydrogen-bond donors (Lipinski definition) is 1. The van der Waals surface area contributed by atoms with Gasteiger partial charge in [-0.1, -0.05) is 0 Å². The van der Waals surface area contributed by atoms with Crippen LogP contribution in [-0.2, 0) is 17.8 Å². The highest BCUT2D eigenvalue weighted by atomic mass is 19.1. The van der Waals surface area contributed by atoms with E-state index in [2.05, 4.69) is 10.4 Å². The molecule has 0 saturated carbocycles. The van der Waals surface area contributed by atoms with Crippen LogP contribution in [0.4, 0.5) is 10.1 Å². The molecule has 0 unspecified atom stereocenters. The number of carbonyl (C=O) groups is 2. The van der Waals surface area contributed by atoms with Gasteiger partial charge in [0.1, 0.15) is 12.4 Å². The molecule has 0 radical (unpaired) electrons. The first-order chi connectivity index (χ1) is 13.0. The number of hydrogen-bond acceptors (Lipinski definition) is 5. The zero-order valence-electron chi connectivity index (χ0n) is 14.1. The second-order valence-corrected chi connectivity index (χ2v) is 6.18. The van der Waals surface area contributed by atoms with Gasteiger partial charge in [-0.25, -0.2) is 9.18 Å². The number of aromatic nitrogens is 2. The maximum atomic E-state index is 13.0. The molecule has 27 heavy (non-hydrogen) atoms. The van der Waals surface area contributed by atoms with Crippen LogP contribution in [0, 0.1) is 5.82 Å². The van der Waals surface area contributed by atoms with E-state index in [4.69, 9.17) is 4.42 Å². The second kappa shape index (κ2) is 6.64. The average Bonchev–Trinajstić information content (AvgIpc) is 3.02. The van der Waals surface area contributed by atoms with Crippen molar-refractivity contribution in [1.82, 2.24) is 9.78 Å². The first-order valence-corrected chi connectivity index (χ1v) is 8.29. The van der Waals surface area contributed by atoms with Crippen molar-refractivity contribution in [3.63, 3.8) is 0 Å². The van der Waals surface area contributed by atoms with E-state index in [-0.39, 0.29) is 24.1 Å². The lowest BCUT2D eigenvalue weighted by Crippen LogP contribution is -2.22. The molecule has 1 aliphatic rings. The van der Waals surface area contributed by atoms with Crippen molar-refractivity contribution < 1.29 is 18.4 Å². The summed E-state index contributed by atoms with van der Waals surface area (Å²) in [5.41, 5.74) is 2.42. The van der Waals surface area contributed by atoms with Gasteiger partial charge < -0.3 is 9.73 Å². The van der Waals surface area contributed by atoms with E-state index in [9.17, 15) is 18.8 Å². The van der Waals surface area contributed by atoms with Gasteiger partial charge in [-0.3, -0.25) is 9.59 Å². The number of nitrogens with one attached hydrogen (secondary N) is 1. The molecule has 1 N–H and O–H groups in total. The number of fused-ring (bicyclic) bond motifs is 1. The molecule has 136 valence electrons. The summed E-state index contributed by atoms with van der Waals surface area (Å²) in [4.78, 5) is 35.9. The van der Waals surface area contributed by atoms with Gasteiger partial charge in [-0.15, -0.1) is 5.10 Å². The number of benzene rings is 2. The van der Waals surface area contributed by atoms with Crippen LogP contribution >= 0.6 is 0 Å². The molecule has 1 amide bonds. The predicted octanol–water partition coefficient (Wildman–Crippen LogP) is 2.41. The summed E-state index contributed by atoms with van der Waals surface area (Å²) >= 11 is 0. The fourth-order valence-corrected chi connectivity index (χ4v) is 2.90. The number of aryl methyl sites for hydroxylation is 1. The molecule has 7 nitrogen and oxygen atoms in total. The summed E-state index contributed by atoms with van der Waals surface area (Å²) in [6.45, 7) is -0.283. The van der Waals surface area contributed by atoms with Crippen molar-refractivity contribution in [1.29, 1.82) is 0 Å². The minimum absolute atomic E-state index is 0.0148. The Balaban J connectivity index is 1.56. The largest absolute Gasteiger partial charge is 0.437 e. The van der Waals surface area contributed by atoms with Crippen LogP contribution in [-0.4, -0.2) is 21.5 Å². The van der Waals surface area contributed by atoms with Crippen molar-refractivity contribution in [2.75, 3.05) is 5.32 Å². The molecule has 0 saturated heterocycles. The van der Waals surface area contributed by atoms with Crippen molar-refractivity contribution in [3.8, 4) is 11.5 Å². The fraction of sp³-hybridized carbons (Fsp3) is 0.158. The summed E-state index contributed by atoms with van der Waals surface area (Å²) in [6, 6.07) is 10.3. The molecule has 0 aliphatic carbocycles. The van der Waals surface area contributed by atoms with Crippen LogP contribution in [0.25, 0.3) is 11.5 Å². The minimum Gasteiger partial charge on any atom is -0.388 e. The highest BCUT2D eigenvalue weighted by molar-refractivity contribution is 5.98. The third-order valence-electron chi connectivity index (χ3n) is 4.31. The zero-order chi connectivity index (χ0) is 19.0. The van der Waals surface area contributed by atoms with E-state index < -0.39 is 11.6 Å². The Morgan fingerprint density at radius 3 is 2.70 bits per heavy atom. The van der Waals surface area contributed by atoms with Gasteiger partial charge in [0.2, 0.25) is 11.8 Å².